The number of carbonyl (C=O) groups is 2. The summed E-state index contributed by atoms with van der Waals surface area (Å²) in [6.07, 6.45) is -1.82. The summed E-state index contributed by atoms with van der Waals surface area (Å²) in [5.41, 5.74) is -3.42. The molecule has 0 saturated carbocycles. The lowest BCUT2D eigenvalue weighted by Gasteiger charge is -2.29. The summed E-state index contributed by atoms with van der Waals surface area (Å²) in [5.74, 6) is -2.02. The lowest BCUT2D eigenvalue weighted by Crippen LogP contribution is -2.44. The lowest BCUT2D eigenvalue weighted by atomic mass is 10.0. The Hall–Kier alpha value is -3.56. The van der Waals surface area contributed by atoms with E-state index in [2.05, 4.69) is 0 Å². The second-order valence-electron chi connectivity index (χ2n) is 9.69. The minimum Gasteiger partial charge on any atom is -0.396 e. The van der Waals surface area contributed by atoms with Crippen LogP contribution in [0.25, 0.3) is 0 Å². The van der Waals surface area contributed by atoms with Crippen LogP contribution in [0.15, 0.2) is 36.4 Å². The predicted molar refractivity (Wildman–Crippen MR) is 142 cm³/mol. The van der Waals surface area contributed by atoms with Crippen molar-refractivity contribution in [2.24, 2.45) is 0 Å². The zero-order valence-corrected chi connectivity index (χ0v) is 22.5. The number of halogens is 4. The summed E-state index contributed by atoms with van der Waals surface area (Å²) in [7, 11) is 1.56. The van der Waals surface area contributed by atoms with Crippen LogP contribution >= 0.6 is 12.2 Å². The molecule has 208 valence electrons. The van der Waals surface area contributed by atoms with Gasteiger partial charge in [0.2, 0.25) is 0 Å². The van der Waals surface area contributed by atoms with Crippen molar-refractivity contribution in [3.8, 4) is 6.07 Å². The molecular weight excluding hydrogens is 536 g/mol. The van der Waals surface area contributed by atoms with E-state index in [0.717, 1.165) is 29.9 Å². The number of nitriles is 1. The average molecular weight is 565 g/mol. The molecule has 1 aliphatic heterocycles. The van der Waals surface area contributed by atoms with E-state index in [9.17, 15) is 22.8 Å². The molecule has 0 aliphatic carbocycles. The molecule has 1 heterocycles. The molecule has 0 radical (unpaired) electrons. The van der Waals surface area contributed by atoms with E-state index in [-0.39, 0.29) is 28.7 Å². The highest BCUT2D eigenvalue weighted by molar-refractivity contribution is 7.81. The van der Waals surface area contributed by atoms with Crippen LogP contribution in [-0.4, -0.2) is 52.7 Å². The molecule has 2 aromatic carbocycles. The van der Waals surface area contributed by atoms with Gasteiger partial charge in [0.05, 0.1) is 28.4 Å². The Morgan fingerprint density at radius 2 is 1.74 bits per heavy atom. The van der Waals surface area contributed by atoms with Gasteiger partial charge in [-0.25, -0.2) is 4.39 Å². The van der Waals surface area contributed by atoms with Crippen LogP contribution in [0, 0.1) is 17.1 Å². The standard InChI is InChI=1S/C27H28F4N4O3S/c1-26(2)24(38)34(18-9-8-17(16-32)21(14-18)27(29,30)31)25(39)35(26)19-10-11-20(22(28)15-19)23(37)33(3)12-6-4-5-7-13-36/h8-11,14-15,36H,4-7,12-13H2,1-3H3. The monoisotopic (exact) mass is 564 g/mol. The van der Waals surface area contributed by atoms with E-state index in [1.165, 1.54) is 47.9 Å². The molecule has 0 bridgehead atoms. The van der Waals surface area contributed by atoms with Crippen molar-refractivity contribution in [1.82, 2.24) is 4.90 Å². The third kappa shape index (κ3) is 6.04. The quantitative estimate of drug-likeness (QED) is 0.254. The summed E-state index contributed by atoms with van der Waals surface area (Å²) < 4.78 is 55.8. The summed E-state index contributed by atoms with van der Waals surface area (Å²) in [4.78, 5) is 29.8. The van der Waals surface area contributed by atoms with Crippen molar-refractivity contribution in [1.29, 1.82) is 5.26 Å². The summed E-state index contributed by atoms with van der Waals surface area (Å²) in [5, 5.41) is 17.7. The van der Waals surface area contributed by atoms with Gasteiger partial charge in [0, 0.05) is 25.9 Å². The summed E-state index contributed by atoms with van der Waals surface area (Å²) >= 11 is 5.47. The van der Waals surface area contributed by atoms with Crippen molar-refractivity contribution >= 4 is 40.5 Å². The molecule has 7 nitrogen and oxygen atoms in total. The van der Waals surface area contributed by atoms with Crippen LogP contribution in [0.4, 0.5) is 28.9 Å². The number of alkyl halides is 3. The number of rotatable bonds is 9. The normalized spacial score (nSPS) is 15.1. The smallest absolute Gasteiger partial charge is 0.396 e. The van der Waals surface area contributed by atoms with Crippen molar-refractivity contribution < 1.29 is 32.3 Å². The van der Waals surface area contributed by atoms with Gasteiger partial charge < -0.3 is 14.9 Å². The van der Waals surface area contributed by atoms with Gasteiger partial charge >= 0.3 is 6.18 Å². The van der Waals surface area contributed by atoms with Crippen LogP contribution in [0.2, 0.25) is 0 Å². The number of benzene rings is 2. The van der Waals surface area contributed by atoms with Crippen molar-refractivity contribution in [3.05, 3.63) is 58.9 Å². The number of hydrogen-bond donors (Lipinski definition) is 1. The van der Waals surface area contributed by atoms with Crippen LogP contribution < -0.4 is 9.80 Å². The van der Waals surface area contributed by atoms with E-state index >= 15 is 4.39 Å². The van der Waals surface area contributed by atoms with E-state index in [4.69, 9.17) is 22.6 Å². The van der Waals surface area contributed by atoms with Gasteiger partial charge in [-0.3, -0.25) is 14.5 Å². The zero-order chi connectivity index (χ0) is 29.1. The molecule has 3 rings (SSSR count). The Morgan fingerprint density at radius 1 is 1.10 bits per heavy atom. The Balaban J connectivity index is 1.89. The number of amides is 2. The van der Waals surface area contributed by atoms with E-state index in [1.807, 2.05) is 0 Å². The molecule has 2 amide bonds. The van der Waals surface area contributed by atoms with Gasteiger partial charge in [0.1, 0.15) is 11.4 Å². The predicted octanol–water partition coefficient (Wildman–Crippen LogP) is 5.26. The molecule has 1 aliphatic rings. The molecule has 0 atom stereocenters. The van der Waals surface area contributed by atoms with Crippen molar-refractivity contribution in [3.63, 3.8) is 0 Å². The maximum absolute atomic E-state index is 15.2. The Morgan fingerprint density at radius 3 is 2.33 bits per heavy atom. The number of thiocarbonyl (C=S) groups is 1. The van der Waals surface area contributed by atoms with Crippen molar-refractivity contribution in [2.75, 3.05) is 30.0 Å². The number of unbranched alkanes of at least 4 members (excludes halogenated alkanes) is 3. The van der Waals surface area contributed by atoms with Crippen LogP contribution in [0.1, 0.15) is 61.0 Å². The number of hydrogen-bond acceptors (Lipinski definition) is 5. The van der Waals surface area contributed by atoms with Crippen LogP contribution in [0.5, 0.6) is 0 Å². The number of carbonyl (C=O) groups excluding carboxylic acids is 2. The highest BCUT2D eigenvalue weighted by Gasteiger charge is 2.51. The molecule has 1 N–H and O–H groups in total. The van der Waals surface area contributed by atoms with E-state index in [0.29, 0.717) is 25.5 Å². The topological polar surface area (TPSA) is 87.9 Å². The highest BCUT2D eigenvalue weighted by Crippen LogP contribution is 2.40. The molecule has 0 aromatic heterocycles. The SMILES string of the molecule is CN(CCCCCCO)C(=O)c1ccc(N2C(=S)N(c3ccc(C#N)c(C(F)(F)F)c3)C(=O)C2(C)C)cc1F. The van der Waals surface area contributed by atoms with Gasteiger partial charge in [-0.2, -0.15) is 18.4 Å². The van der Waals surface area contributed by atoms with Gasteiger partial charge in [-0.15, -0.1) is 0 Å². The molecule has 1 saturated heterocycles. The molecule has 2 aromatic rings. The number of nitrogens with zero attached hydrogens (tertiary/aromatic N) is 4. The van der Waals surface area contributed by atoms with E-state index in [1.54, 1.807) is 7.05 Å². The van der Waals surface area contributed by atoms with Gasteiger partial charge in [0.25, 0.3) is 11.8 Å². The van der Waals surface area contributed by atoms with Crippen molar-refractivity contribution in [2.45, 2.75) is 51.2 Å². The molecular formula is C27H28F4N4O3S. The Bertz CT molecular complexity index is 1320. The Labute approximate surface area is 229 Å². The first-order valence-corrected chi connectivity index (χ1v) is 12.6. The maximum Gasteiger partial charge on any atom is 0.417 e. The van der Waals surface area contributed by atoms with Gasteiger partial charge in [-0.05, 0) is 75.3 Å². The van der Waals surface area contributed by atoms with Gasteiger partial charge in [-0.1, -0.05) is 12.8 Å². The third-order valence-corrected chi connectivity index (χ3v) is 6.91. The molecule has 0 unspecified atom stereocenters. The largest absolute Gasteiger partial charge is 0.417 e. The average Bonchev–Trinajstić information content (AvgIpc) is 3.05. The maximum atomic E-state index is 15.2. The second kappa shape index (κ2) is 11.7. The minimum atomic E-state index is -4.83. The lowest BCUT2D eigenvalue weighted by molar-refractivity contribution is -0.137. The zero-order valence-electron chi connectivity index (χ0n) is 21.7. The fraction of sp³-hybridized carbons (Fsp3) is 0.407. The molecule has 0 spiro atoms. The molecule has 1 fully saturated rings. The first kappa shape index (κ1) is 30.0. The minimum absolute atomic E-state index is 0.106. The molecule has 12 heteroatoms. The van der Waals surface area contributed by atoms with Crippen LogP contribution in [0.3, 0.4) is 0 Å². The fourth-order valence-corrected chi connectivity index (χ4v) is 4.92. The first-order chi connectivity index (χ1) is 18.2. The van der Waals surface area contributed by atoms with Crippen LogP contribution in [-0.2, 0) is 11.0 Å². The number of aliphatic hydroxyl groups excluding tert-OH is 1. The van der Waals surface area contributed by atoms with Gasteiger partial charge in [0.15, 0.2) is 5.11 Å². The Kier molecular flexibility index (Phi) is 8.98. The third-order valence-electron chi connectivity index (χ3n) is 6.54. The summed E-state index contributed by atoms with van der Waals surface area (Å²) in [6, 6.07) is 8.11. The first-order valence-electron chi connectivity index (χ1n) is 12.2. The summed E-state index contributed by atoms with van der Waals surface area (Å²) in [6.45, 7) is 3.51. The molecule has 39 heavy (non-hydrogen) atoms. The van der Waals surface area contributed by atoms with E-state index < -0.39 is 40.5 Å². The second-order valence-corrected chi connectivity index (χ2v) is 10.1. The number of anilines is 2. The highest BCUT2D eigenvalue weighted by atomic mass is 32.1. The fourth-order valence-electron chi connectivity index (χ4n) is 4.40. The number of aliphatic hydroxyl groups is 1.